The first kappa shape index (κ1) is 13.2. The van der Waals surface area contributed by atoms with Crippen molar-refractivity contribution in [2.75, 3.05) is 6.61 Å². The van der Waals surface area contributed by atoms with Gasteiger partial charge in [-0.25, -0.2) is 0 Å². The number of aliphatic hydroxyl groups is 1. The van der Waals surface area contributed by atoms with Crippen molar-refractivity contribution >= 4 is 0 Å². The minimum atomic E-state index is -1.01. The van der Waals surface area contributed by atoms with Crippen molar-refractivity contribution in [3.05, 3.63) is 47.7 Å². The standard InChI is InChI=1S/C16H19NO3/c1-2-7-19-13-9-12(10-17-11-13)16(18)6-3-4-15-14(16)5-8-20-15/h5,8-11,18H,2-4,6-7H2,1H3. The van der Waals surface area contributed by atoms with Gasteiger partial charge < -0.3 is 14.3 Å². The summed E-state index contributed by atoms with van der Waals surface area (Å²) < 4.78 is 11.1. The molecular formula is C16H19NO3. The fourth-order valence-corrected chi connectivity index (χ4v) is 2.79. The number of pyridine rings is 1. The van der Waals surface area contributed by atoms with Crippen molar-refractivity contribution in [1.82, 2.24) is 4.98 Å². The number of aryl methyl sites for hydroxylation is 1. The Morgan fingerprint density at radius 1 is 1.45 bits per heavy atom. The molecule has 0 amide bonds. The average Bonchev–Trinajstić information content (AvgIpc) is 2.96. The van der Waals surface area contributed by atoms with Crippen LogP contribution in [0.5, 0.6) is 5.75 Å². The second-order valence-corrected chi connectivity index (χ2v) is 5.23. The monoisotopic (exact) mass is 273 g/mol. The van der Waals surface area contributed by atoms with Gasteiger partial charge in [0.15, 0.2) is 0 Å². The van der Waals surface area contributed by atoms with Gasteiger partial charge in [0.25, 0.3) is 0 Å². The number of aromatic nitrogens is 1. The summed E-state index contributed by atoms with van der Waals surface area (Å²) in [6.45, 7) is 2.71. The predicted octanol–water partition coefficient (Wildman–Crippen LogP) is 3.04. The normalized spacial score (nSPS) is 21.5. The maximum Gasteiger partial charge on any atom is 0.137 e. The zero-order valence-corrected chi connectivity index (χ0v) is 11.6. The van der Waals surface area contributed by atoms with Crippen molar-refractivity contribution in [3.63, 3.8) is 0 Å². The van der Waals surface area contributed by atoms with Crippen LogP contribution < -0.4 is 4.74 Å². The van der Waals surface area contributed by atoms with E-state index in [0.29, 0.717) is 18.8 Å². The molecule has 0 saturated heterocycles. The maximum atomic E-state index is 11.1. The molecular weight excluding hydrogens is 254 g/mol. The Morgan fingerprint density at radius 2 is 2.35 bits per heavy atom. The molecule has 3 rings (SSSR count). The van der Waals surface area contributed by atoms with Crippen LogP contribution in [0.2, 0.25) is 0 Å². The molecule has 2 aromatic heterocycles. The van der Waals surface area contributed by atoms with Gasteiger partial charge in [0.1, 0.15) is 17.1 Å². The lowest BCUT2D eigenvalue weighted by Crippen LogP contribution is -2.31. The smallest absolute Gasteiger partial charge is 0.137 e. The van der Waals surface area contributed by atoms with Gasteiger partial charge in [-0.2, -0.15) is 0 Å². The molecule has 1 aliphatic rings. The highest BCUT2D eigenvalue weighted by Gasteiger charge is 2.38. The van der Waals surface area contributed by atoms with Gasteiger partial charge in [-0.3, -0.25) is 4.98 Å². The molecule has 0 fully saturated rings. The van der Waals surface area contributed by atoms with E-state index in [9.17, 15) is 5.11 Å². The van der Waals surface area contributed by atoms with Crippen LogP contribution in [-0.2, 0) is 12.0 Å². The molecule has 0 radical (unpaired) electrons. The summed E-state index contributed by atoms with van der Waals surface area (Å²) in [4.78, 5) is 4.20. The maximum absolute atomic E-state index is 11.1. The molecule has 0 saturated carbocycles. The summed E-state index contributed by atoms with van der Waals surface area (Å²) >= 11 is 0. The first-order valence-corrected chi connectivity index (χ1v) is 7.11. The first-order chi connectivity index (χ1) is 9.74. The Hall–Kier alpha value is -1.81. The van der Waals surface area contributed by atoms with Crippen LogP contribution in [0.25, 0.3) is 0 Å². The summed E-state index contributed by atoms with van der Waals surface area (Å²) in [7, 11) is 0. The summed E-state index contributed by atoms with van der Waals surface area (Å²) in [5.41, 5.74) is 0.616. The van der Waals surface area contributed by atoms with Gasteiger partial charge >= 0.3 is 0 Å². The van der Waals surface area contributed by atoms with E-state index in [2.05, 4.69) is 11.9 Å². The Morgan fingerprint density at radius 3 is 3.20 bits per heavy atom. The van der Waals surface area contributed by atoms with E-state index in [1.165, 1.54) is 0 Å². The fraction of sp³-hybridized carbons (Fsp3) is 0.438. The highest BCUT2D eigenvalue weighted by atomic mass is 16.5. The predicted molar refractivity (Wildman–Crippen MR) is 74.7 cm³/mol. The summed E-state index contributed by atoms with van der Waals surface area (Å²) in [6.07, 6.45) is 8.44. The minimum absolute atomic E-state index is 0.653. The van der Waals surface area contributed by atoms with E-state index in [0.717, 1.165) is 36.1 Å². The van der Waals surface area contributed by atoms with Gasteiger partial charge in [-0.05, 0) is 31.4 Å². The third kappa shape index (κ3) is 2.20. The van der Waals surface area contributed by atoms with Crippen molar-refractivity contribution in [2.45, 2.75) is 38.2 Å². The third-order valence-electron chi connectivity index (χ3n) is 3.80. The Kier molecular flexibility index (Phi) is 3.49. The molecule has 0 aromatic carbocycles. The van der Waals surface area contributed by atoms with Crippen LogP contribution in [0.1, 0.15) is 43.1 Å². The zero-order chi connectivity index (χ0) is 14.0. The van der Waals surface area contributed by atoms with Crippen LogP contribution >= 0.6 is 0 Å². The van der Waals surface area contributed by atoms with Crippen LogP contribution in [0.15, 0.2) is 35.2 Å². The second-order valence-electron chi connectivity index (χ2n) is 5.23. The SMILES string of the molecule is CCCOc1cncc(C2(O)CCCc3occc32)c1. The number of hydrogen-bond donors (Lipinski definition) is 1. The van der Waals surface area contributed by atoms with E-state index < -0.39 is 5.60 Å². The van der Waals surface area contributed by atoms with Gasteiger partial charge in [-0.1, -0.05) is 6.92 Å². The van der Waals surface area contributed by atoms with Crippen molar-refractivity contribution < 1.29 is 14.3 Å². The van der Waals surface area contributed by atoms with Gasteiger partial charge in [-0.15, -0.1) is 0 Å². The highest BCUT2D eigenvalue weighted by Crippen LogP contribution is 2.41. The van der Waals surface area contributed by atoms with E-state index in [1.807, 2.05) is 12.1 Å². The van der Waals surface area contributed by atoms with Crippen molar-refractivity contribution in [3.8, 4) is 5.75 Å². The summed E-state index contributed by atoms with van der Waals surface area (Å²) in [5, 5.41) is 11.1. The quantitative estimate of drug-likeness (QED) is 0.930. The topological polar surface area (TPSA) is 55.5 Å². The lowest BCUT2D eigenvalue weighted by atomic mass is 9.78. The molecule has 2 heterocycles. The number of ether oxygens (including phenoxy) is 1. The average molecular weight is 273 g/mol. The first-order valence-electron chi connectivity index (χ1n) is 7.11. The van der Waals surface area contributed by atoms with Crippen LogP contribution in [0, 0.1) is 0 Å². The molecule has 1 aliphatic carbocycles. The molecule has 4 heteroatoms. The van der Waals surface area contributed by atoms with Crippen molar-refractivity contribution in [2.24, 2.45) is 0 Å². The molecule has 0 bridgehead atoms. The Balaban J connectivity index is 1.97. The van der Waals surface area contributed by atoms with Crippen LogP contribution in [0.3, 0.4) is 0 Å². The molecule has 0 spiro atoms. The molecule has 20 heavy (non-hydrogen) atoms. The molecule has 1 N–H and O–H groups in total. The largest absolute Gasteiger partial charge is 0.492 e. The zero-order valence-electron chi connectivity index (χ0n) is 11.6. The van der Waals surface area contributed by atoms with Crippen LogP contribution in [0.4, 0.5) is 0 Å². The number of nitrogens with zero attached hydrogens (tertiary/aromatic N) is 1. The molecule has 106 valence electrons. The fourth-order valence-electron chi connectivity index (χ4n) is 2.79. The highest BCUT2D eigenvalue weighted by molar-refractivity contribution is 5.40. The lowest BCUT2D eigenvalue weighted by molar-refractivity contribution is 0.0583. The number of furan rings is 1. The molecule has 1 unspecified atom stereocenters. The molecule has 1 atom stereocenters. The number of rotatable bonds is 4. The Labute approximate surface area is 118 Å². The number of fused-ring (bicyclic) bond motifs is 1. The van der Waals surface area contributed by atoms with Crippen molar-refractivity contribution in [1.29, 1.82) is 0 Å². The second kappa shape index (κ2) is 5.29. The lowest BCUT2D eigenvalue weighted by Gasteiger charge is -2.32. The van der Waals surface area contributed by atoms with Gasteiger partial charge in [0, 0.05) is 23.7 Å². The Bertz CT molecular complexity index is 593. The van der Waals surface area contributed by atoms with E-state index in [1.54, 1.807) is 18.7 Å². The van der Waals surface area contributed by atoms with Crippen LogP contribution in [-0.4, -0.2) is 16.7 Å². The summed E-state index contributed by atoms with van der Waals surface area (Å²) in [5.74, 6) is 1.58. The van der Waals surface area contributed by atoms with Gasteiger partial charge in [0.2, 0.25) is 0 Å². The molecule has 4 nitrogen and oxygen atoms in total. The molecule has 2 aromatic rings. The van der Waals surface area contributed by atoms with E-state index in [-0.39, 0.29) is 0 Å². The third-order valence-corrected chi connectivity index (χ3v) is 3.80. The van der Waals surface area contributed by atoms with E-state index in [4.69, 9.17) is 9.15 Å². The van der Waals surface area contributed by atoms with E-state index >= 15 is 0 Å². The molecule has 0 aliphatic heterocycles. The summed E-state index contributed by atoms with van der Waals surface area (Å²) in [6, 6.07) is 3.73. The minimum Gasteiger partial charge on any atom is -0.492 e. The number of hydrogen-bond acceptors (Lipinski definition) is 4. The van der Waals surface area contributed by atoms with Gasteiger partial charge in [0.05, 0.1) is 19.1 Å².